The molecule has 2 nitrogen and oxygen atoms in total. The summed E-state index contributed by atoms with van der Waals surface area (Å²) in [5.41, 5.74) is 0. The van der Waals surface area contributed by atoms with Crippen LogP contribution >= 0.6 is 0 Å². The highest BCUT2D eigenvalue weighted by atomic mass is 19.4. The van der Waals surface area contributed by atoms with Crippen LogP contribution < -0.4 is 0 Å². The van der Waals surface area contributed by atoms with Crippen molar-refractivity contribution in [1.29, 1.82) is 0 Å². The molecule has 0 unspecified atom stereocenters. The van der Waals surface area contributed by atoms with Gasteiger partial charge in [0.2, 0.25) is 0 Å². The molecule has 1 aliphatic rings. The maximum absolute atomic E-state index is 11.8. The summed E-state index contributed by atoms with van der Waals surface area (Å²) < 4.78 is 44.1. The standard InChI is InChI=1S/C6H5F3O2/c1-4-2-5(6(7,8)9)11-3-10-4/h2-3H,1H3. The van der Waals surface area contributed by atoms with Crippen LogP contribution in [0.1, 0.15) is 6.92 Å². The lowest BCUT2D eigenvalue weighted by atomic mass is 10.3. The molecule has 0 saturated carbocycles. The maximum Gasteiger partial charge on any atom is 0.430 e. The first-order chi connectivity index (χ1) is 5.00. The highest BCUT2D eigenvalue weighted by Crippen LogP contribution is 2.20. The Morgan fingerprint density at radius 2 is 2.18 bits per heavy atom. The lowest BCUT2D eigenvalue weighted by molar-refractivity contribution is -0.461. The minimum Gasteiger partial charge on any atom is -0.481 e. The number of ketones is 1. The Labute approximate surface area is 61.0 Å². The van der Waals surface area contributed by atoms with E-state index in [0.717, 1.165) is 6.08 Å². The maximum atomic E-state index is 11.8. The molecule has 1 rings (SSSR count). The summed E-state index contributed by atoms with van der Waals surface area (Å²) in [6, 6.07) is 0. The second-order valence-electron chi connectivity index (χ2n) is 1.95. The van der Waals surface area contributed by atoms with Gasteiger partial charge in [0.05, 0.1) is 5.76 Å². The molecular formula is C6H5F3O2. The predicted octanol–water partition coefficient (Wildman–Crippen LogP) is 1.71. The Morgan fingerprint density at radius 3 is 2.55 bits per heavy atom. The smallest absolute Gasteiger partial charge is 0.430 e. The summed E-state index contributed by atoms with van der Waals surface area (Å²) in [6.07, 6.45) is -3.65. The number of halogens is 3. The first-order valence-electron chi connectivity index (χ1n) is 2.77. The van der Waals surface area contributed by atoms with Crippen molar-refractivity contribution in [3.05, 3.63) is 18.6 Å². The molecule has 11 heavy (non-hydrogen) atoms. The molecule has 5 heteroatoms. The number of hydrogen-bond acceptors (Lipinski definition) is 1. The van der Waals surface area contributed by atoms with Gasteiger partial charge in [0.15, 0.2) is 0 Å². The van der Waals surface area contributed by atoms with Crippen LogP contribution in [0, 0.1) is 6.79 Å². The van der Waals surface area contributed by atoms with Crippen molar-refractivity contribution in [3.63, 3.8) is 0 Å². The van der Waals surface area contributed by atoms with Crippen LogP contribution in [-0.4, -0.2) is 12.0 Å². The van der Waals surface area contributed by atoms with E-state index >= 15 is 0 Å². The summed E-state index contributed by atoms with van der Waals surface area (Å²) >= 11 is 0. The molecule has 0 spiro atoms. The van der Waals surface area contributed by atoms with Crippen LogP contribution in [0.2, 0.25) is 0 Å². The van der Waals surface area contributed by atoms with Gasteiger partial charge in [-0.1, -0.05) is 0 Å². The van der Waals surface area contributed by atoms with E-state index in [2.05, 4.69) is 9.16 Å². The molecule has 62 valence electrons. The Kier molecular flexibility index (Phi) is 1.80. The largest absolute Gasteiger partial charge is 0.481 e. The zero-order valence-corrected chi connectivity index (χ0v) is 5.61. The number of alkyl halides is 3. The normalized spacial score (nSPS) is 17.8. The number of hydrogen-bond donors (Lipinski definition) is 0. The molecular weight excluding hydrogens is 161 g/mol. The van der Waals surface area contributed by atoms with Crippen LogP contribution in [0.15, 0.2) is 11.8 Å². The quantitative estimate of drug-likeness (QED) is 0.396. The van der Waals surface area contributed by atoms with Gasteiger partial charge in [-0.2, -0.15) is 13.2 Å². The molecule has 1 heterocycles. The van der Waals surface area contributed by atoms with Crippen LogP contribution in [0.4, 0.5) is 13.2 Å². The van der Waals surface area contributed by atoms with Crippen molar-refractivity contribution in [1.82, 2.24) is 0 Å². The van der Waals surface area contributed by atoms with Crippen molar-refractivity contribution in [2.75, 3.05) is 0 Å². The van der Waals surface area contributed by atoms with Gasteiger partial charge in [0.1, 0.15) is 0 Å². The average molecular weight is 166 g/mol. The van der Waals surface area contributed by atoms with Crippen LogP contribution in [0.5, 0.6) is 0 Å². The van der Waals surface area contributed by atoms with Gasteiger partial charge in [0, 0.05) is 0 Å². The van der Waals surface area contributed by atoms with E-state index in [1.807, 2.05) is 0 Å². The van der Waals surface area contributed by atoms with Crippen molar-refractivity contribution in [2.45, 2.75) is 13.1 Å². The van der Waals surface area contributed by atoms with Gasteiger partial charge in [-0.15, -0.1) is 0 Å². The fraction of sp³-hybridized carbons (Fsp3) is 0.333. The number of ether oxygens (including phenoxy) is 1. The minimum absolute atomic E-state index is 0.156. The van der Waals surface area contributed by atoms with Crippen molar-refractivity contribution >= 4 is 5.78 Å². The summed E-state index contributed by atoms with van der Waals surface area (Å²) in [4.78, 5) is 0. The summed E-state index contributed by atoms with van der Waals surface area (Å²) in [5.74, 6) is -0.898. The Hall–Kier alpha value is -1.13. The SMILES string of the molecule is CC1=CC(C(F)(F)F)=[O+][CH-]O1. The zero-order valence-electron chi connectivity index (χ0n) is 5.61. The number of rotatable bonds is 0. The fourth-order valence-electron chi connectivity index (χ4n) is 0.553. The summed E-state index contributed by atoms with van der Waals surface area (Å²) in [7, 11) is 0. The first-order valence-corrected chi connectivity index (χ1v) is 2.77. The molecule has 0 amide bonds. The topological polar surface area (TPSA) is 20.5 Å². The molecule has 0 bridgehead atoms. The lowest BCUT2D eigenvalue weighted by Crippen LogP contribution is -2.25. The molecule has 0 atom stereocenters. The highest BCUT2D eigenvalue weighted by Gasteiger charge is 2.37. The second kappa shape index (κ2) is 2.48. The summed E-state index contributed by atoms with van der Waals surface area (Å²) in [5, 5.41) is 0. The van der Waals surface area contributed by atoms with E-state index in [9.17, 15) is 13.2 Å². The van der Waals surface area contributed by atoms with Gasteiger partial charge >= 0.3 is 13.0 Å². The third kappa shape index (κ3) is 1.89. The van der Waals surface area contributed by atoms with Gasteiger partial charge < -0.3 is 9.16 Å². The van der Waals surface area contributed by atoms with E-state index in [1.165, 1.54) is 6.92 Å². The van der Waals surface area contributed by atoms with E-state index in [-0.39, 0.29) is 5.76 Å². The van der Waals surface area contributed by atoms with E-state index in [0.29, 0.717) is 6.79 Å². The van der Waals surface area contributed by atoms with Crippen molar-refractivity contribution in [3.8, 4) is 0 Å². The van der Waals surface area contributed by atoms with E-state index in [1.54, 1.807) is 0 Å². The van der Waals surface area contributed by atoms with Crippen molar-refractivity contribution < 1.29 is 22.3 Å². The third-order valence-electron chi connectivity index (χ3n) is 1.02. The van der Waals surface area contributed by atoms with Gasteiger partial charge in [-0.05, 0) is 13.0 Å². The predicted molar refractivity (Wildman–Crippen MR) is 30.2 cm³/mol. The van der Waals surface area contributed by atoms with Gasteiger partial charge in [0.25, 0.3) is 5.78 Å². The van der Waals surface area contributed by atoms with Crippen LogP contribution in [0.3, 0.4) is 0 Å². The molecule has 0 aromatic carbocycles. The lowest BCUT2D eigenvalue weighted by Gasteiger charge is -2.11. The number of allylic oxidation sites excluding steroid dienone is 2. The number of carbonyl (C=O) groups excluding carboxylic acids is 1. The van der Waals surface area contributed by atoms with Crippen LogP contribution in [0.25, 0.3) is 0 Å². The average Bonchev–Trinajstić information content (AvgIpc) is 1.86. The Bertz CT molecular complexity index is 214. The first kappa shape index (κ1) is 7.97. The fourth-order valence-corrected chi connectivity index (χ4v) is 0.553. The second-order valence-corrected chi connectivity index (χ2v) is 1.95. The minimum atomic E-state index is -4.44. The molecule has 0 aromatic heterocycles. The van der Waals surface area contributed by atoms with Crippen molar-refractivity contribution in [2.24, 2.45) is 0 Å². The third-order valence-corrected chi connectivity index (χ3v) is 1.02. The Morgan fingerprint density at radius 1 is 1.55 bits per heavy atom. The van der Waals surface area contributed by atoms with E-state index in [4.69, 9.17) is 0 Å². The molecule has 0 radical (unpaired) electrons. The molecule has 0 saturated heterocycles. The van der Waals surface area contributed by atoms with Gasteiger partial charge in [-0.25, -0.2) is 0 Å². The molecule has 0 aromatic rings. The molecule has 0 aliphatic carbocycles. The molecule has 0 fully saturated rings. The van der Waals surface area contributed by atoms with E-state index < -0.39 is 12.0 Å². The molecule has 0 N–H and O–H groups in total. The van der Waals surface area contributed by atoms with Crippen LogP contribution in [-0.2, 0) is 9.16 Å². The summed E-state index contributed by atoms with van der Waals surface area (Å²) in [6.45, 7) is 2.06. The monoisotopic (exact) mass is 166 g/mol. The van der Waals surface area contributed by atoms with Gasteiger partial charge in [-0.3, -0.25) is 0 Å². The Balaban J connectivity index is 2.82. The molecule has 1 aliphatic heterocycles. The zero-order chi connectivity index (χ0) is 8.48. The highest BCUT2D eigenvalue weighted by molar-refractivity contribution is 5.95.